The van der Waals surface area contributed by atoms with Crippen LogP contribution in [0.1, 0.15) is 41.7 Å². The second-order valence-corrected chi connectivity index (χ2v) is 8.44. The molecule has 0 radical (unpaired) electrons. The number of ether oxygens (including phenoxy) is 1. The molecule has 1 amide bonds. The summed E-state index contributed by atoms with van der Waals surface area (Å²) in [5.41, 5.74) is 14.2. The van der Waals surface area contributed by atoms with Gasteiger partial charge in [-0.05, 0) is 44.0 Å². The van der Waals surface area contributed by atoms with E-state index in [0.29, 0.717) is 18.8 Å². The lowest BCUT2D eigenvalue weighted by atomic mass is 9.91. The summed E-state index contributed by atoms with van der Waals surface area (Å²) in [6.07, 6.45) is 3.80. The van der Waals surface area contributed by atoms with Crippen LogP contribution in [-0.4, -0.2) is 46.5 Å². The molecule has 1 saturated carbocycles. The maximum Gasteiger partial charge on any atom is 0.252 e. The van der Waals surface area contributed by atoms with E-state index >= 15 is 0 Å². The summed E-state index contributed by atoms with van der Waals surface area (Å²) in [5, 5.41) is 11.8. The highest BCUT2D eigenvalue weighted by Gasteiger charge is 2.24. The van der Waals surface area contributed by atoms with Gasteiger partial charge in [0.05, 0.1) is 29.9 Å². The van der Waals surface area contributed by atoms with Gasteiger partial charge in [-0.2, -0.15) is 5.10 Å². The van der Waals surface area contributed by atoms with Crippen LogP contribution in [0.4, 0.5) is 21.7 Å². The summed E-state index contributed by atoms with van der Waals surface area (Å²) in [7, 11) is 1.65. The van der Waals surface area contributed by atoms with E-state index in [9.17, 15) is 9.18 Å². The van der Waals surface area contributed by atoms with Gasteiger partial charge in [0.25, 0.3) is 5.91 Å². The van der Waals surface area contributed by atoms with Crippen molar-refractivity contribution in [3.05, 3.63) is 41.3 Å². The standard InChI is InChI=1S/C23H30FN7O2/c1-13-15-11-14(7-8-20(15)31(30-13)9-10-33-2)27-22-16(21(26)32)12-17(24)23(29-22)28-19-6-4-3-5-18(19)25/h7-8,11-12,18-19H,3-6,9-10,25H2,1-2H3,(H2,26,32)(H2,27,28,29)/t18?,19-/m1/s1. The van der Waals surface area contributed by atoms with Gasteiger partial charge in [0.2, 0.25) is 0 Å². The van der Waals surface area contributed by atoms with Crippen molar-refractivity contribution >= 4 is 34.1 Å². The van der Waals surface area contributed by atoms with Gasteiger partial charge >= 0.3 is 0 Å². The molecular weight excluding hydrogens is 425 g/mol. The second kappa shape index (κ2) is 9.72. The first-order valence-corrected chi connectivity index (χ1v) is 11.1. The average molecular weight is 456 g/mol. The first-order valence-electron chi connectivity index (χ1n) is 11.1. The minimum absolute atomic E-state index is 0.0291. The number of carbonyl (C=O) groups is 1. The third-order valence-corrected chi connectivity index (χ3v) is 6.09. The average Bonchev–Trinajstić information content (AvgIpc) is 3.10. The first kappa shape index (κ1) is 22.9. The first-order chi connectivity index (χ1) is 15.9. The molecule has 3 aromatic rings. The molecule has 2 aromatic heterocycles. The number of primary amides is 1. The molecule has 0 spiro atoms. The molecule has 176 valence electrons. The zero-order valence-electron chi connectivity index (χ0n) is 18.9. The van der Waals surface area contributed by atoms with Crippen LogP contribution in [0.15, 0.2) is 24.3 Å². The number of anilines is 3. The van der Waals surface area contributed by atoms with E-state index in [4.69, 9.17) is 16.2 Å². The number of halogens is 1. The van der Waals surface area contributed by atoms with Gasteiger partial charge in [-0.3, -0.25) is 9.48 Å². The molecular formula is C23H30FN7O2. The number of hydrogen-bond donors (Lipinski definition) is 4. The van der Waals surface area contributed by atoms with Crippen molar-refractivity contribution in [3.8, 4) is 0 Å². The van der Waals surface area contributed by atoms with Gasteiger partial charge in [0.15, 0.2) is 11.6 Å². The Kier molecular flexibility index (Phi) is 6.75. The van der Waals surface area contributed by atoms with E-state index in [0.717, 1.165) is 48.3 Å². The van der Waals surface area contributed by atoms with Crippen LogP contribution in [0, 0.1) is 12.7 Å². The highest BCUT2D eigenvalue weighted by atomic mass is 19.1. The molecule has 1 aliphatic rings. The minimum Gasteiger partial charge on any atom is -0.383 e. The summed E-state index contributed by atoms with van der Waals surface area (Å²) in [6, 6.07) is 6.66. The normalized spacial score (nSPS) is 18.4. The molecule has 33 heavy (non-hydrogen) atoms. The summed E-state index contributed by atoms with van der Waals surface area (Å²) in [4.78, 5) is 16.4. The Morgan fingerprint density at radius 1 is 1.27 bits per heavy atom. The zero-order valence-corrected chi connectivity index (χ0v) is 18.9. The molecule has 0 bridgehead atoms. The van der Waals surface area contributed by atoms with E-state index in [1.165, 1.54) is 0 Å². The number of amides is 1. The lowest BCUT2D eigenvalue weighted by Crippen LogP contribution is -2.43. The quantitative estimate of drug-likeness (QED) is 0.410. The van der Waals surface area contributed by atoms with Crippen LogP contribution in [0.3, 0.4) is 0 Å². The summed E-state index contributed by atoms with van der Waals surface area (Å²) >= 11 is 0. The topological polar surface area (TPSA) is 133 Å². The van der Waals surface area contributed by atoms with Crippen molar-refractivity contribution in [3.63, 3.8) is 0 Å². The third kappa shape index (κ3) is 4.91. The second-order valence-electron chi connectivity index (χ2n) is 8.44. The Balaban J connectivity index is 1.65. The van der Waals surface area contributed by atoms with Gasteiger partial charge < -0.3 is 26.8 Å². The number of methoxy groups -OCH3 is 1. The number of aromatic nitrogens is 3. The van der Waals surface area contributed by atoms with Crippen molar-refractivity contribution in [2.75, 3.05) is 24.4 Å². The monoisotopic (exact) mass is 455 g/mol. The fourth-order valence-electron chi connectivity index (χ4n) is 4.29. The van der Waals surface area contributed by atoms with Crippen molar-refractivity contribution in [1.29, 1.82) is 0 Å². The predicted octanol–water partition coefficient (Wildman–Crippen LogP) is 3.05. The number of hydrogen-bond acceptors (Lipinski definition) is 7. The molecule has 1 aromatic carbocycles. The van der Waals surface area contributed by atoms with Gasteiger partial charge in [0.1, 0.15) is 5.82 Å². The Labute approximate surface area is 191 Å². The highest BCUT2D eigenvalue weighted by Crippen LogP contribution is 2.29. The Morgan fingerprint density at radius 2 is 2.06 bits per heavy atom. The fourth-order valence-corrected chi connectivity index (χ4v) is 4.29. The van der Waals surface area contributed by atoms with E-state index in [1.807, 2.05) is 29.8 Å². The minimum atomic E-state index is -0.769. The molecule has 4 rings (SSSR count). The summed E-state index contributed by atoms with van der Waals surface area (Å²) in [5.74, 6) is -1.18. The van der Waals surface area contributed by atoms with Crippen LogP contribution in [0.25, 0.3) is 10.9 Å². The Bertz CT molecular complexity index is 1160. The van der Waals surface area contributed by atoms with E-state index in [-0.39, 0.29) is 29.3 Å². The molecule has 6 N–H and O–H groups in total. The van der Waals surface area contributed by atoms with Gasteiger partial charge in [-0.25, -0.2) is 9.37 Å². The number of carbonyl (C=O) groups excluding carboxylic acids is 1. The van der Waals surface area contributed by atoms with Gasteiger partial charge in [-0.15, -0.1) is 0 Å². The lowest BCUT2D eigenvalue weighted by Gasteiger charge is -2.30. The molecule has 0 aliphatic heterocycles. The van der Waals surface area contributed by atoms with Crippen molar-refractivity contribution in [2.24, 2.45) is 11.5 Å². The van der Waals surface area contributed by atoms with Crippen LogP contribution in [0.5, 0.6) is 0 Å². The van der Waals surface area contributed by atoms with Crippen molar-refractivity contribution in [2.45, 2.75) is 51.2 Å². The maximum absolute atomic E-state index is 14.8. The molecule has 9 nitrogen and oxygen atoms in total. The molecule has 0 saturated heterocycles. The number of aryl methyl sites for hydroxylation is 1. The molecule has 2 atom stereocenters. The summed E-state index contributed by atoms with van der Waals surface area (Å²) < 4.78 is 21.8. The number of nitrogens with one attached hydrogen (secondary N) is 2. The van der Waals surface area contributed by atoms with Gasteiger partial charge in [0, 0.05) is 30.3 Å². The number of nitrogens with two attached hydrogens (primary N) is 2. The largest absolute Gasteiger partial charge is 0.383 e. The van der Waals surface area contributed by atoms with Crippen LogP contribution >= 0.6 is 0 Å². The highest BCUT2D eigenvalue weighted by molar-refractivity contribution is 5.99. The number of rotatable bonds is 8. The fraction of sp³-hybridized carbons (Fsp3) is 0.435. The number of pyridine rings is 1. The van der Waals surface area contributed by atoms with Crippen LogP contribution in [0.2, 0.25) is 0 Å². The smallest absolute Gasteiger partial charge is 0.252 e. The number of fused-ring (bicyclic) bond motifs is 1. The lowest BCUT2D eigenvalue weighted by molar-refractivity contribution is 0.100. The third-order valence-electron chi connectivity index (χ3n) is 6.09. The number of nitrogens with zero attached hydrogens (tertiary/aromatic N) is 3. The van der Waals surface area contributed by atoms with E-state index < -0.39 is 11.7 Å². The molecule has 1 aliphatic carbocycles. The molecule has 10 heteroatoms. The van der Waals surface area contributed by atoms with E-state index in [1.54, 1.807) is 7.11 Å². The van der Waals surface area contributed by atoms with Crippen LogP contribution < -0.4 is 22.1 Å². The predicted molar refractivity (Wildman–Crippen MR) is 126 cm³/mol. The summed E-state index contributed by atoms with van der Waals surface area (Å²) in [6.45, 7) is 3.12. The molecule has 1 fully saturated rings. The number of benzene rings is 1. The molecule has 1 unspecified atom stereocenters. The van der Waals surface area contributed by atoms with Gasteiger partial charge in [-0.1, -0.05) is 12.8 Å². The van der Waals surface area contributed by atoms with E-state index in [2.05, 4.69) is 20.7 Å². The maximum atomic E-state index is 14.8. The Morgan fingerprint density at radius 3 is 2.79 bits per heavy atom. The zero-order chi connectivity index (χ0) is 23.5. The SMILES string of the molecule is COCCn1nc(C)c2cc(Nc3nc(N[C@@H]4CCCCC4N)c(F)cc3C(N)=O)ccc21. The molecule has 2 heterocycles. The van der Waals surface area contributed by atoms with Crippen LogP contribution in [-0.2, 0) is 11.3 Å². The van der Waals surface area contributed by atoms with Crippen molar-refractivity contribution in [1.82, 2.24) is 14.8 Å². The van der Waals surface area contributed by atoms with Crippen molar-refractivity contribution < 1.29 is 13.9 Å². The Hall–Kier alpha value is -3.24.